The van der Waals surface area contributed by atoms with Crippen LogP contribution in [0.1, 0.15) is 22.6 Å². The molecule has 2 aromatic rings. The van der Waals surface area contributed by atoms with Gasteiger partial charge in [0.2, 0.25) is 0 Å². The van der Waals surface area contributed by atoms with Crippen molar-refractivity contribution in [3.63, 3.8) is 0 Å². The van der Waals surface area contributed by atoms with Gasteiger partial charge in [0, 0.05) is 31.6 Å². The molecule has 0 unspecified atom stereocenters. The summed E-state index contributed by atoms with van der Waals surface area (Å²) in [4.78, 5) is 4.97. The van der Waals surface area contributed by atoms with Crippen LogP contribution >= 0.6 is 0 Å². The summed E-state index contributed by atoms with van der Waals surface area (Å²) in [7, 11) is 4.41. The molecular weight excluding hydrogens is 268 g/mol. The minimum absolute atomic E-state index is 0.589. The molecule has 1 fully saturated rings. The first-order chi connectivity index (χ1) is 10.6. The zero-order chi connectivity index (χ0) is 15.5. The van der Waals surface area contributed by atoms with E-state index in [1.165, 1.54) is 16.7 Å². The van der Waals surface area contributed by atoms with E-state index < -0.39 is 0 Å². The zero-order valence-corrected chi connectivity index (χ0v) is 13.9. The summed E-state index contributed by atoms with van der Waals surface area (Å²) in [5, 5.41) is 0. The summed E-state index contributed by atoms with van der Waals surface area (Å²) >= 11 is 0. The third kappa shape index (κ3) is 3.40. The molecule has 22 heavy (non-hydrogen) atoms. The lowest BCUT2D eigenvalue weighted by Gasteiger charge is -2.25. The second-order valence-electron chi connectivity index (χ2n) is 6.73. The molecule has 0 bridgehead atoms. The standard InChI is InChI=1S/C20H26N2/c1-16-9-11-18(12-10-16)19-14-22(15-20(19)21(2)3)13-17-7-5-4-6-8-17/h4-12,19-20H,13-15H2,1-3H3/t19-,20+/m0/s1. The van der Waals surface area contributed by atoms with Gasteiger partial charge in [-0.3, -0.25) is 4.90 Å². The lowest BCUT2D eigenvalue weighted by molar-refractivity contribution is 0.260. The highest BCUT2D eigenvalue weighted by Crippen LogP contribution is 2.31. The normalized spacial score (nSPS) is 22.4. The molecule has 1 aliphatic rings. The van der Waals surface area contributed by atoms with Gasteiger partial charge in [-0.2, -0.15) is 0 Å². The molecule has 0 amide bonds. The summed E-state index contributed by atoms with van der Waals surface area (Å²) in [5.74, 6) is 0.597. The third-order valence-corrected chi connectivity index (χ3v) is 4.78. The summed E-state index contributed by atoms with van der Waals surface area (Å²) in [6.07, 6.45) is 0. The molecule has 0 saturated carbocycles. The Hall–Kier alpha value is -1.64. The van der Waals surface area contributed by atoms with Crippen molar-refractivity contribution in [2.75, 3.05) is 27.2 Å². The number of likely N-dealkylation sites (N-methyl/N-ethyl adjacent to an activating group) is 1. The van der Waals surface area contributed by atoms with Crippen molar-refractivity contribution >= 4 is 0 Å². The highest BCUT2D eigenvalue weighted by Gasteiger charge is 2.34. The minimum atomic E-state index is 0.589. The summed E-state index contributed by atoms with van der Waals surface area (Å²) < 4.78 is 0. The molecule has 2 atom stereocenters. The van der Waals surface area contributed by atoms with E-state index in [-0.39, 0.29) is 0 Å². The molecule has 0 N–H and O–H groups in total. The lowest BCUT2D eigenvalue weighted by Crippen LogP contribution is -2.34. The van der Waals surface area contributed by atoms with Crippen LogP contribution in [0.4, 0.5) is 0 Å². The van der Waals surface area contributed by atoms with Crippen LogP contribution in [0.15, 0.2) is 54.6 Å². The first kappa shape index (κ1) is 15.3. The molecule has 2 aromatic carbocycles. The molecule has 116 valence electrons. The highest BCUT2D eigenvalue weighted by molar-refractivity contribution is 5.28. The SMILES string of the molecule is Cc1ccc([C@@H]2CN(Cc3ccccc3)C[C@H]2N(C)C)cc1. The van der Waals surface area contributed by atoms with Crippen molar-refractivity contribution < 1.29 is 0 Å². The largest absolute Gasteiger partial charge is 0.305 e. The Morgan fingerprint density at radius 1 is 0.955 bits per heavy atom. The molecule has 2 heteroatoms. The number of hydrogen-bond acceptors (Lipinski definition) is 2. The molecule has 1 aliphatic heterocycles. The number of likely N-dealkylation sites (tertiary alicyclic amines) is 1. The van der Waals surface area contributed by atoms with Crippen LogP contribution in [0.5, 0.6) is 0 Å². The monoisotopic (exact) mass is 294 g/mol. The van der Waals surface area contributed by atoms with Gasteiger partial charge in [0.1, 0.15) is 0 Å². The molecule has 0 aliphatic carbocycles. The summed E-state index contributed by atoms with van der Waals surface area (Å²) in [6, 6.07) is 20.5. The van der Waals surface area contributed by atoms with Crippen LogP contribution in [0.25, 0.3) is 0 Å². The quantitative estimate of drug-likeness (QED) is 0.851. The van der Waals surface area contributed by atoms with Crippen LogP contribution in [-0.4, -0.2) is 43.0 Å². The number of rotatable bonds is 4. The van der Waals surface area contributed by atoms with Crippen LogP contribution < -0.4 is 0 Å². The first-order valence-electron chi connectivity index (χ1n) is 8.13. The van der Waals surface area contributed by atoms with E-state index in [0.717, 1.165) is 19.6 Å². The van der Waals surface area contributed by atoms with Crippen molar-refractivity contribution in [1.82, 2.24) is 9.80 Å². The zero-order valence-electron chi connectivity index (χ0n) is 13.9. The Balaban J connectivity index is 1.76. The van der Waals surface area contributed by atoms with Gasteiger partial charge in [0.15, 0.2) is 0 Å². The fraction of sp³-hybridized carbons (Fsp3) is 0.400. The van der Waals surface area contributed by atoms with E-state index in [1.807, 2.05) is 0 Å². The Labute approximate surface area is 134 Å². The minimum Gasteiger partial charge on any atom is -0.305 e. The van der Waals surface area contributed by atoms with Gasteiger partial charge in [-0.1, -0.05) is 60.2 Å². The lowest BCUT2D eigenvalue weighted by atomic mass is 9.93. The molecule has 1 heterocycles. The van der Waals surface area contributed by atoms with E-state index in [0.29, 0.717) is 12.0 Å². The predicted octanol–water partition coefficient (Wildman–Crippen LogP) is 3.52. The van der Waals surface area contributed by atoms with Gasteiger partial charge in [-0.05, 0) is 32.1 Å². The maximum atomic E-state index is 2.59. The highest BCUT2D eigenvalue weighted by atomic mass is 15.2. The fourth-order valence-corrected chi connectivity index (χ4v) is 3.50. The first-order valence-corrected chi connectivity index (χ1v) is 8.13. The van der Waals surface area contributed by atoms with Gasteiger partial charge in [0.25, 0.3) is 0 Å². The average molecular weight is 294 g/mol. The van der Waals surface area contributed by atoms with Gasteiger partial charge in [-0.15, -0.1) is 0 Å². The average Bonchev–Trinajstić information content (AvgIpc) is 2.93. The van der Waals surface area contributed by atoms with E-state index in [2.05, 4.69) is 85.4 Å². The second-order valence-corrected chi connectivity index (χ2v) is 6.73. The van der Waals surface area contributed by atoms with Gasteiger partial charge in [0.05, 0.1) is 0 Å². The van der Waals surface area contributed by atoms with Crippen LogP contribution in [0.3, 0.4) is 0 Å². The Bertz CT molecular complexity index is 589. The molecule has 1 saturated heterocycles. The van der Waals surface area contributed by atoms with Crippen molar-refractivity contribution in [1.29, 1.82) is 0 Å². The Morgan fingerprint density at radius 3 is 2.27 bits per heavy atom. The molecule has 3 rings (SSSR count). The Morgan fingerprint density at radius 2 is 1.64 bits per heavy atom. The van der Waals surface area contributed by atoms with Gasteiger partial charge in [-0.25, -0.2) is 0 Å². The predicted molar refractivity (Wildman–Crippen MR) is 93.1 cm³/mol. The van der Waals surface area contributed by atoms with Gasteiger partial charge < -0.3 is 4.90 Å². The fourth-order valence-electron chi connectivity index (χ4n) is 3.50. The molecule has 0 aromatic heterocycles. The molecular formula is C20H26N2. The van der Waals surface area contributed by atoms with Crippen molar-refractivity contribution in [2.45, 2.75) is 25.4 Å². The van der Waals surface area contributed by atoms with Gasteiger partial charge >= 0.3 is 0 Å². The Kier molecular flexibility index (Phi) is 4.60. The van der Waals surface area contributed by atoms with E-state index in [9.17, 15) is 0 Å². The smallest absolute Gasteiger partial charge is 0.0298 e. The van der Waals surface area contributed by atoms with E-state index >= 15 is 0 Å². The van der Waals surface area contributed by atoms with Crippen LogP contribution in [-0.2, 0) is 6.54 Å². The number of nitrogens with zero attached hydrogens (tertiary/aromatic N) is 2. The molecule has 0 spiro atoms. The summed E-state index contributed by atoms with van der Waals surface area (Å²) in [5.41, 5.74) is 4.22. The van der Waals surface area contributed by atoms with Crippen molar-refractivity contribution in [3.05, 3.63) is 71.3 Å². The maximum absolute atomic E-state index is 2.59. The number of aryl methyl sites for hydroxylation is 1. The molecule has 0 radical (unpaired) electrons. The second kappa shape index (κ2) is 6.64. The van der Waals surface area contributed by atoms with Crippen molar-refractivity contribution in [3.8, 4) is 0 Å². The number of hydrogen-bond donors (Lipinski definition) is 0. The van der Waals surface area contributed by atoms with Crippen LogP contribution in [0.2, 0.25) is 0 Å². The molecule has 2 nitrogen and oxygen atoms in total. The maximum Gasteiger partial charge on any atom is 0.0298 e. The van der Waals surface area contributed by atoms with Crippen molar-refractivity contribution in [2.24, 2.45) is 0 Å². The van der Waals surface area contributed by atoms with E-state index in [1.54, 1.807) is 0 Å². The topological polar surface area (TPSA) is 6.48 Å². The van der Waals surface area contributed by atoms with E-state index in [4.69, 9.17) is 0 Å². The number of benzene rings is 2. The summed E-state index contributed by atoms with van der Waals surface area (Å²) in [6.45, 7) is 5.48. The third-order valence-electron chi connectivity index (χ3n) is 4.78. The van der Waals surface area contributed by atoms with Crippen LogP contribution in [0, 0.1) is 6.92 Å².